The highest BCUT2D eigenvalue weighted by Crippen LogP contribution is 2.51. The van der Waals surface area contributed by atoms with Crippen molar-refractivity contribution in [2.24, 2.45) is 10.8 Å². The number of hydrogen-bond donors (Lipinski definition) is 2. The zero-order chi connectivity index (χ0) is 27.6. The zero-order valence-electron chi connectivity index (χ0n) is 26.5. The summed E-state index contributed by atoms with van der Waals surface area (Å²) in [4.78, 5) is 0. The van der Waals surface area contributed by atoms with E-state index in [2.05, 4.69) is 13.8 Å². The third kappa shape index (κ3) is 15.1. The molecule has 2 nitrogen and oxygen atoms in total. The minimum atomic E-state index is -0.256. The van der Waals surface area contributed by atoms with Crippen LogP contribution < -0.4 is 0 Å². The minimum absolute atomic E-state index is 0.133. The lowest BCUT2D eigenvalue weighted by Gasteiger charge is -2.49. The molecule has 0 aromatic heterocycles. The SMILES string of the molecule is C1CCCCCCCCC1.C1CCCCCCCCC1.CCC1(CC)CCCCCCCCC1(CO)CO. The van der Waals surface area contributed by atoms with Gasteiger partial charge in [0, 0.05) is 5.41 Å². The third-order valence-corrected chi connectivity index (χ3v) is 10.6. The maximum atomic E-state index is 9.96. The van der Waals surface area contributed by atoms with E-state index in [1.807, 2.05) is 0 Å². The van der Waals surface area contributed by atoms with Crippen molar-refractivity contribution in [2.45, 2.75) is 206 Å². The van der Waals surface area contributed by atoms with E-state index < -0.39 is 0 Å². The standard InChI is InChI=1S/C16H32O2.2C10H20/c1-3-15(4-2)11-9-7-5-6-8-10-12-16(15,13-17)14-18;2*1-2-4-6-8-10-9-7-5-3-1/h17-18H,3-14H2,1-2H3;2*1-10H2. The van der Waals surface area contributed by atoms with Crippen LogP contribution in [-0.4, -0.2) is 23.4 Å². The van der Waals surface area contributed by atoms with Crippen molar-refractivity contribution in [1.29, 1.82) is 0 Å². The normalized spacial score (nSPS) is 24.3. The van der Waals surface area contributed by atoms with Crippen molar-refractivity contribution in [3.8, 4) is 0 Å². The van der Waals surface area contributed by atoms with Gasteiger partial charge in [0.2, 0.25) is 0 Å². The van der Waals surface area contributed by atoms with Crippen LogP contribution in [0.2, 0.25) is 0 Å². The predicted octanol–water partition coefficient (Wildman–Crippen LogP) is 11.7. The van der Waals surface area contributed by atoms with E-state index >= 15 is 0 Å². The van der Waals surface area contributed by atoms with Crippen LogP contribution in [0.15, 0.2) is 0 Å². The molecule has 0 bridgehead atoms. The van der Waals surface area contributed by atoms with Gasteiger partial charge in [-0.05, 0) is 31.1 Å². The van der Waals surface area contributed by atoms with E-state index in [1.165, 1.54) is 167 Å². The van der Waals surface area contributed by atoms with Crippen molar-refractivity contribution in [3.63, 3.8) is 0 Å². The van der Waals surface area contributed by atoms with E-state index in [0.29, 0.717) is 0 Å². The lowest BCUT2D eigenvalue weighted by molar-refractivity contribution is -0.0809. The first-order valence-corrected chi connectivity index (χ1v) is 17.9. The van der Waals surface area contributed by atoms with Crippen molar-refractivity contribution in [3.05, 3.63) is 0 Å². The van der Waals surface area contributed by atoms with Gasteiger partial charge >= 0.3 is 0 Å². The summed E-state index contributed by atoms with van der Waals surface area (Å²) >= 11 is 0. The van der Waals surface area contributed by atoms with E-state index in [-0.39, 0.29) is 24.0 Å². The molecule has 2 N–H and O–H groups in total. The molecule has 3 aliphatic carbocycles. The highest BCUT2D eigenvalue weighted by atomic mass is 16.3. The molecule has 3 rings (SSSR count). The zero-order valence-corrected chi connectivity index (χ0v) is 26.5. The number of aliphatic hydroxyl groups is 2. The molecule has 0 aromatic rings. The fourth-order valence-electron chi connectivity index (χ4n) is 7.60. The van der Waals surface area contributed by atoms with Gasteiger partial charge in [-0.25, -0.2) is 0 Å². The number of aliphatic hydroxyl groups excluding tert-OH is 2. The van der Waals surface area contributed by atoms with E-state index in [0.717, 1.165) is 25.7 Å². The molecule has 0 unspecified atom stereocenters. The largest absolute Gasteiger partial charge is 0.396 e. The summed E-state index contributed by atoms with van der Waals surface area (Å²) in [6, 6.07) is 0. The molecule has 0 amide bonds. The van der Waals surface area contributed by atoms with Crippen LogP contribution in [0, 0.1) is 10.8 Å². The summed E-state index contributed by atoms with van der Waals surface area (Å²) in [5, 5.41) is 19.9. The minimum Gasteiger partial charge on any atom is -0.396 e. The molecule has 0 atom stereocenters. The molecule has 3 fully saturated rings. The van der Waals surface area contributed by atoms with E-state index in [9.17, 15) is 10.2 Å². The summed E-state index contributed by atoms with van der Waals surface area (Å²) in [5.74, 6) is 0. The Kier molecular flexibility index (Phi) is 23.4. The van der Waals surface area contributed by atoms with Gasteiger partial charge in [0.25, 0.3) is 0 Å². The molecule has 38 heavy (non-hydrogen) atoms. The van der Waals surface area contributed by atoms with Gasteiger partial charge in [0.1, 0.15) is 0 Å². The van der Waals surface area contributed by atoms with Gasteiger partial charge in [-0.1, -0.05) is 181 Å². The van der Waals surface area contributed by atoms with Gasteiger partial charge < -0.3 is 10.2 Å². The molecule has 228 valence electrons. The fraction of sp³-hybridized carbons (Fsp3) is 1.00. The van der Waals surface area contributed by atoms with Crippen LogP contribution in [0.1, 0.15) is 206 Å². The smallest absolute Gasteiger partial charge is 0.0514 e. The Bertz CT molecular complexity index is 369. The second-order valence-corrected chi connectivity index (χ2v) is 13.3. The quantitative estimate of drug-likeness (QED) is 0.375. The Morgan fingerprint density at radius 3 is 0.684 bits per heavy atom. The monoisotopic (exact) mass is 537 g/mol. The molecule has 0 heterocycles. The van der Waals surface area contributed by atoms with Crippen LogP contribution in [-0.2, 0) is 0 Å². The molecule has 2 heteroatoms. The Morgan fingerprint density at radius 1 is 0.316 bits per heavy atom. The summed E-state index contributed by atoms with van der Waals surface area (Å²) in [7, 11) is 0. The molecular formula is C36H72O2. The topological polar surface area (TPSA) is 40.5 Å². The van der Waals surface area contributed by atoms with Gasteiger partial charge in [0.05, 0.1) is 13.2 Å². The average molecular weight is 537 g/mol. The summed E-state index contributed by atoms with van der Waals surface area (Å²) in [6.45, 7) is 4.75. The Balaban J connectivity index is 0.000000307. The summed E-state index contributed by atoms with van der Waals surface area (Å²) in [5.41, 5.74) is -0.123. The van der Waals surface area contributed by atoms with Gasteiger partial charge in [-0.3, -0.25) is 0 Å². The first-order valence-electron chi connectivity index (χ1n) is 17.9. The van der Waals surface area contributed by atoms with Crippen molar-refractivity contribution in [2.75, 3.05) is 13.2 Å². The molecule has 0 aromatic carbocycles. The lowest BCUT2D eigenvalue weighted by atomic mass is 9.56. The van der Waals surface area contributed by atoms with Gasteiger partial charge in [0.15, 0.2) is 0 Å². The molecule has 0 saturated heterocycles. The second-order valence-electron chi connectivity index (χ2n) is 13.3. The average Bonchev–Trinajstić information content (AvgIpc) is 2.98. The molecule has 0 aliphatic heterocycles. The van der Waals surface area contributed by atoms with E-state index in [4.69, 9.17) is 0 Å². The Labute approximate surface area is 240 Å². The Hall–Kier alpha value is -0.0800. The van der Waals surface area contributed by atoms with Crippen LogP contribution in [0.5, 0.6) is 0 Å². The van der Waals surface area contributed by atoms with Crippen molar-refractivity contribution >= 4 is 0 Å². The predicted molar refractivity (Wildman–Crippen MR) is 169 cm³/mol. The molecule has 3 aliphatic rings. The van der Waals surface area contributed by atoms with E-state index in [1.54, 1.807) is 0 Å². The van der Waals surface area contributed by atoms with Crippen LogP contribution >= 0.6 is 0 Å². The first kappa shape index (κ1) is 35.9. The maximum absolute atomic E-state index is 9.96. The number of rotatable bonds is 4. The fourth-order valence-corrected chi connectivity index (χ4v) is 7.60. The van der Waals surface area contributed by atoms with Crippen LogP contribution in [0.3, 0.4) is 0 Å². The highest BCUT2D eigenvalue weighted by Gasteiger charge is 2.47. The van der Waals surface area contributed by atoms with Gasteiger partial charge in [-0.15, -0.1) is 0 Å². The first-order chi connectivity index (χ1) is 18.7. The van der Waals surface area contributed by atoms with Crippen molar-refractivity contribution < 1.29 is 10.2 Å². The third-order valence-electron chi connectivity index (χ3n) is 10.6. The highest BCUT2D eigenvalue weighted by molar-refractivity contribution is 4.96. The second kappa shape index (κ2) is 24.7. The lowest BCUT2D eigenvalue weighted by Crippen LogP contribution is -2.47. The molecule has 0 radical (unpaired) electrons. The van der Waals surface area contributed by atoms with Crippen LogP contribution in [0.4, 0.5) is 0 Å². The Morgan fingerprint density at radius 2 is 0.500 bits per heavy atom. The maximum Gasteiger partial charge on any atom is 0.0514 e. The van der Waals surface area contributed by atoms with Crippen LogP contribution in [0.25, 0.3) is 0 Å². The molecular weight excluding hydrogens is 464 g/mol. The van der Waals surface area contributed by atoms with Gasteiger partial charge in [-0.2, -0.15) is 0 Å². The summed E-state index contributed by atoms with van der Waals surface area (Å²) < 4.78 is 0. The molecule has 0 spiro atoms. The molecule has 3 saturated carbocycles. The number of hydrogen-bond acceptors (Lipinski definition) is 2. The summed E-state index contributed by atoms with van der Waals surface area (Å²) in [6.07, 6.45) is 42.0. The van der Waals surface area contributed by atoms with Crippen molar-refractivity contribution in [1.82, 2.24) is 0 Å².